The molecule has 3 rings (SSSR count). The summed E-state index contributed by atoms with van der Waals surface area (Å²) in [6.07, 6.45) is 1.28. The number of halogens is 2. The molecule has 122 valence electrons. The first-order chi connectivity index (χ1) is 11.3. The van der Waals surface area contributed by atoms with Crippen LogP contribution in [0.15, 0.2) is 41.4 Å². The van der Waals surface area contributed by atoms with E-state index in [2.05, 4.69) is 4.98 Å². The quantitative estimate of drug-likeness (QED) is 0.761. The minimum atomic E-state index is -4.14. The number of aromatic nitrogens is 1. The largest absolute Gasteiger partial charge is 0.360 e. The standard InChI is InChI=1S/C16H11F2N3O2S/c1-9-2-3-11-14(4-9)20-8-16(11)24(22,23)21-15-6-12(17)10(7-19)5-13(15)18/h2-6,8,20-21H,1H3. The number of sulfonamides is 1. The maximum Gasteiger partial charge on any atom is 0.264 e. The summed E-state index contributed by atoms with van der Waals surface area (Å²) >= 11 is 0. The second-order valence-corrected chi connectivity index (χ2v) is 6.88. The topological polar surface area (TPSA) is 85.8 Å². The van der Waals surface area contributed by atoms with E-state index in [1.165, 1.54) is 12.3 Å². The van der Waals surface area contributed by atoms with Crippen LogP contribution < -0.4 is 4.72 Å². The maximum atomic E-state index is 13.9. The summed E-state index contributed by atoms with van der Waals surface area (Å²) < 4.78 is 54.5. The van der Waals surface area contributed by atoms with E-state index in [0.29, 0.717) is 23.0 Å². The summed E-state index contributed by atoms with van der Waals surface area (Å²) in [4.78, 5) is 2.75. The molecule has 0 unspecified atom stereocenters. The lowest BCUT2D eigenvalue weighted by molar-refractivity contribution is 0.593. The van der Waals surface area contributed by atoms with E-state index in [1.807, 2.05) is 11.6 Å². The third-order valence-corrected chi connectivity index (χ3v) is 4.92. The van der Waals surface area contributed by atoms with Crippen LogP contribution in [-0.2, 0) is 10.0 Å². The molecule has 2 aromatic carbocycles. The number of nitrogens with zero attached hydrogens (tertiary/aromatic N) is 1. The first-order valence-electron chi connectivity index (χ1n) is 6.81. The molecule has 0 radical (unpaired) electrons. The number of benzene rings is 2. The molecule has 0 bridgehead atoms. The number of fused-ring (bicyclic) bond motifs is 1. The van der Waals surface area contributed by atoms with Gasteiger partial charge in [0.05, 0.1) is 11.3 Å². The van der Waals surface area contributed by atoms with E-state index in [0.717, 1.165) is 5.56 Å². The fourth-order valence-electron chi connectivity index (χ4n) is 2.35. The van der Waals surface area contributed by atoms with Crippen LogP contribution >= 0.6 is 0 Å². The Hall–Kier alpha value is -2.92. The summed E-state index contributed by atoms with van der Waals surface area (Å²) in [6, 6.07) is 7.93. The molecule has 0 aliphatic carbocycles. The van der Waals surface area contributed by atoms with Crippen molar-refractivity contribution in [2.75, 3.05) is 4.72 Å². The third kappa shape index (κ3) is 2.70. The molecule has 0 amide bonds. The Morgan fingerprint density at radius 1 is 1.17 bits per heavy atom. The van der Waals surface area contributed by atoms with Crippen molar-refractivity contribution >= 4 is 26.6 Å². The number of nitrogens with one attached hydrogen (secondary N) is 2. The number of H-pyrrole nitrogens is 1. The number of aryl methyl sites for hydroxylation is 1. The fourth-order valence-corrected chi connectivity index (χ4v) is 3.58. The number of rotatable bonds is 3. The SMILES string of the molecule is Cc1ccc2c(S(=O)(=O)Nc3cc(F)c(C#N)cc3F)c[nH]c2c1. The molecule has 0 fully saturated rings. The minimum absolute atomic E-state index is 0.0818. The van der Waals surface area contributed by atoms with Gasteiger partial charge in [-0.1, -0.05) is 12.1 Å². The smallest absolute Gasteiger partial charge is 0.264 e. The van der Waals surface area contributed by atoms with Gasteiger partial charge in [-0.05, 0) is 24.6 Å². The molecule has 1 heterocycles. The highest BCUT2D eigenvalue weighted by Gasteiger charge is 2.21. The summed E-state index contributed by atoms with van der Waals surface area (Å²) in [5.41, 5.74) is 0.495. The number of hydrogen-bond acceptors (Lipinski definition) is 3. The first kappa shape index (κ1) is 16.0. The lowest BCUT2D eigenvalue weighted by Gasteiger charge is -2.09. The van der Waals surface area contributed by atoms with Gasteiger partial charge in [0.25, 0.3) is 10.0 Å². The van der Waals surface area contributed by atoms with Crippen molar-refractivity contribution in [2.45, 2.75) is 11.8 Å². The third-order valence-electron chi connectivity index (χ3n) is 3.51. The van der Waals surface area contributed by atoms with Crippen LogP contribution in [0.25, 0.3) is 10.9 Å². The first-order valence-corrected chi connectivity index (χ1v) is 8.30. The minimum Gasteiger partial charge on any atom is -0.360 e. The van der Waals surface area contributed by atoms with Gasteiger partial charge in [-0.2, -0.15) is 5.26 Å². The van der Waals surface area contributed by atoms with Crippen molar-refractivity contribution in [1.82, 2.24) is 4.98 Å². The summed E-state index contributed by atoms with van der Waals surface area (Å²) in [7, 11) is -4.14. The average Bonchev–Trinajstić information content (AvgIpc) is 2.94. The van der Waals surface area contributed by atoms with E-state index < -0.39 is 32.9 Å². The Morgan fingerprint density at radius 2 is 1.92 bits per heavy atom. The Morgan fingerprint density at radius 3 is 2.62 bits per heavy atom. The average molecular weight is 347 g/mol. The molecule has 24 heavy (non-hydrogen) atoms. The van der Waals surface area contributed by atoms with Crippen LogP contribution in [0.1, 0.15) is 11.1 Å². The molecule has 0 spiro atoms. The van der Waals surface area contributed by atoms with Gasteiger partial charge in [0.2, 0.25) is 0 Å². The van der Waals surface area contributed by atoms with Crippen LogP contribution in [0.4, 0.5) is 14.5 Å². The molecule has 5 nitrogen and oxygen atoms in total. The summed E-state index contributed by atoms with van der Waals surface area (Å²) in [5.74, 6) is -2.04. The predicted octanol–water partition coefficient (Wildman–Crippen LogP) is 3.43. The number of anilines is 1. The van der Waals surface area contributed by atoms with Crippen LogP contribution in [0.3, 0.4) is 0 Å². The molecule has 0 aliphatic rings. The van der Waals surface area contributed by atoms with Crippen LogP contribution in [-0.4, -0.2) is 13.4 Å². The van der Waals surface area contributed by atoms with Gasteiger partial charge in [-0.15, -0.1) is 0 Å². The molecule has 0 atom stereocenters. The van der Waals surface area contributed by atoms with Crippen molar-refractivity contribution in [2.24, 2.45) is 0 Å². The predicted molar refractivity (Wildman–Crippen MR) is 84.9 cm³/mol. The lowest BCUT2D eigenvalue weighted by Crippen LogP contribution is -2.14. The molecule has 8 heteroatoms. The highest BCUT2D eigenvalue weighted by molar-refractivity contribution is 7.93. The van der Waals surface area contributed by atoms with Gasteiger partial charge >= 0.3 is 0 Å². The van der Waals surface area contributed by atoms with Crippen LogP contribution in [0.2, 0.25) is 0 Å². The van der Waals surface area contributed by atoms with Crippen molar-refractivity contribution in [1.29, 1.82) is 5.26 Å². The van der Waals surface area contributed by atoms with Gasteiger partial charge in [0, 0.05) is 23.2 Å². The van der Waals surface area contributed by atoms with Crippen LogP contribution in [0, 0.1) is 29.9 Å². The highest BCUT2D eigenvalue weighted by atomic mass is 32.2. The zero-order chi connectivity index (χ0) is 17.5. The molecule has 0 saturated carbocycles. The Bertz CT molecular complexity index is 1100. The van der Waals surface area contributed by atoms with Gasteiger partial charge < -0.3 is 4.98 Å². The maximum absolute atomic E-state index is 13.9. The van der Waals surface area contributed by atoms with Gasteiger partial charge in [0.15, 0.2) is 0 Å². The molecule has 2 N–H and O–H groups in total. The van der Waals surface area contributed by atoms with Crippen LogP contribution in [0.5, 0.6) is 0 Å². The van der Waals surface area contributed by atoms with Crippen molar-refractivity contribution in [3.05, 3.63) is 59.3 Å². The van der Waals surface area contributed by atoms with Crippen molar-refractivity contribution < 1.29 is 17.2 Å². The molecule has 0 saturated heterocycles. The Labute approximate surface area is 136 Å². The Balaban J connectivity index is 2.06. The zero-order valence-corrected chi connectivity index (χ0v) is 13.2. The summed E-state index contributed by atoms with van der Waals surface area (Å²) in [6.45, 7) is 1.86. The van der Waals surface area contributed by atoms with E-state index in [9.17, 15) is 17.2 Å². The molecule has 3 aromatic rings. The molecule has 1 aromatic heterocycles. The van der Waals surface area contributed by atoms with Crippen molar-refractivity contribution in [3.63, 3.8) is 0 Å². The zero-order valence-electron chi connectivity index (χ0n) is 12.4. The number of hydrogen-bond donors (Lipinski definition) is 2. The molecular weight excluding hydrogens is 336 g/mol. The second-order valence-electron chi connectivity index (χ2n) is 5.23. The summed E-state index contributed by atoms with van der Waals surface area (Å²) in [5, 5.41) is 9.09. The van der Waals surface area contributed by atoms with E-state index in [-0.39, 0.29) is 4.90 Å². The fraction of sp³-hybridized carbons (Fsp3) is 0.0625. The molecular formula is C16H11F2N3O2S. The number of aromatic amines is 1. The second kappa shape index (κ2) is 5.62. The molecule has 0 aliphatic heterocycles. The van der Waals surface area contributed by atoms with Gasteiger partial charge in [0.1, 0.15) is 22.6 Å². The van der Waals surface area contributed by atoms with E-state index in [1.54, 1.807) is 18.2 Å². The van der Waals surface area contributed by atoms with Gasteiger partial charge in [-0.25, -0.2) is 17.2 Å². The van der Waals surface area contributed by atoms with Crippen molar-refractivity contribution in [3.8, 4) is 6.07 Å². The highest BCUT2D eigenvalue weighted by Crippen LogP contribution is 2.27. The number of nitriles is 1. The normalized spacial score (nSPS) is 11.4. The monoisotopic (exact) mass is 347 g/mol. The Kier molecular flexibility index (Phi) is 3.73. The van der Waals surface area contributed by atoms with Gasteiger partial charge in [-0.3, -0.25) is 4.72 Å². The van der Waals surface area contributed by atoms with E-state index >= 15 is 0 Å². The van der Waals surface area contributed by atoms with E-state index in [4.69, 9.17) is 5.26 Å². The lowest BCUT2D eigenvalue weighted by atomic mass is 10.2.